The highest BCUT2D eigenvalue weighted by Crippen LogP contribution is 2.40. The highest BCUT2D eigenvalue weighted by atomic mass is 32.2. The van der Waals surface area contributed by atoms with Gasteiger partial charge in [-0.2, -0.15) is 5.26 Å². The quantitative estimate of drug-likeness (QED) is 0.779. The van der Waals surface area contributed by atoms with E-state index in [4.69, 9.17) is 0 Å². The van der Waals surface area contributed by atoms with Crippen molar-refractivity contribution in [3.05, 3.63) is 23.8 Å². The van der Waals surface area contributed by atoms with Crippen molar-refractivity contribution in [2.75, 3.05) is 11.9 Å². The van der Waals surface area contributed by atoms with Crippen LogP contribution in [0.3, 0.4) is 0 Å². The minimum Gasteiger partial charge on any atom is -0.313 e. The zero-order valence-corrected chi connectivity index (χ0v) is 11.8. The molecular weight excluding hydrogens is 244 g/mol. The van der Waals surface area contributed by atoms with Crippen LogP contribution >= 0.6 is 11.8 Å². The third kappa shape index (κ3) is 1.99. The van der Waals surface area contributed by atoms with E-state index < -0.39 is 5.41 Å². The number of amides is 1. The molecule has 0 spiro atoms. The van der Waals surface area contributed by atoms with E-state index in [9.17, 15) is 10.1 Å². The van der Waals surface area contributed by atoms with E-state index in [0.717, 1.165) is 16.1 Å². The first-order chi connectivity index (χ1) is 8.36. The fourth-order valence-electron chi connectivity index (χ4n) is 1.97. The molecule has 1 aromatic carbocycles. The normalized spacial score (nSPS) is 19.4. The highest BCUT2D eigenvalue weighted by molar-refractivity contribution is 8.01. The number of benzene rings is 1. The maximum absolute atomic E-state index is 11.9. The summed E-state index contributed by atoms with van der Waals surface area (Å²) < 4.78 is 0. The molecule has 1 amide bonds. The molecule has 1 aliphatic heterocycles. The number of fused-ring (bicyclic) bond motifs is 1. The summed E-state index contributed by atoms with van der Waals surface area (Å²) in [4.78, 5) is 14.6. The predicted octanol–water partition coefficient (Wildman–Crippen LogP) is 2.94. The van der Waals surface area contributed by atoms with E-state index in [1.165, 1.54) is 0 Å². The largest absolute Gasteiger partial charge is 0.313 e. The van der Waals surface area contributed by atoms with Gasteiger partial charge in [0.05, 0.1) is 22.4 Å². The zero-order valence-electron chi connectivity index (χ0n) is 11.0. The second kappa shape index (κ2) is 4.33. The lowest BCUT2D eigenvalue weighted by molar-refractivity contribution is -0.117. The van der Waals surface area contributed by atoms with Crippen molar-refractivity contribution in [1.82, 2.24) is 0 Å². The topological polar surface area (TPSA) is 44.1 Å². The summed E-state index contributed by atoms with van der Waals surface area (Å²) in [5, 5.41) is 9.11. The number of hydrogen-bond donors (Lipinski definition) is 0. The summed E-state index contributed by atoms with van der Waals surface area (Å²) in [6.45, 7) is 5.72. The first-order valence-electron chi connectivity index (χ1n) is 5.87. The Morgan fingerprint density at radius 2 is 2.11 bits per heavy atom. The Balaban J connectivity index is 2.49. The number of carbonyl (C=O) groups excluding carboxylic acids is 1. The van der Waals surface area contributed by atoms with Crippen LogP contribution in [0.25, 0.3) is 0 Å². The van der Waals surface area contributed by atoms with Gasteiger partial charge < -0.3 is 4.90 Å². The van der Waals surface area contributed by atoms with Crippen molar-refractivity contribution >= 4 is 23.4 Å². The molecule has 0 saturated carbocycles. The monoisotopic (exact) mass is 260 g/mol. The molecule has 0 fully saturated rings. The van der Waals surface area contributed by atoms with Gasteiger partial charge in [-0.3, -0.25) is 4.79 Å². The van der Waals surface area contributed by atoms with Crippen molar-refractivity contribution in [2.45, 2.75) is 36.3 Å². The number of anilines is 1. The lowest BCUT2D eigenvalue weighted by Gasteiger charge is -2.30. The van der Waals surface area contributed by atoms with Crippen LogP contribution in [0.4, 0.5) is 5.69 Å². The van der Waals surface area contributed by atoms with Gasteiger partial charge in [0.25, 0.3) is 0 Å². The molecule has 1 heterocycles. The summed E-state index contributed by atoms with van der Waals surface area (Å²) in [7, 11) is 1.80. The van der Waals surface area contributed by atoms with Gasteiger partial charge in [-0.25, -0.2) is 0 Å². The molecule has 1 unspecified atom stereocenters. The first kappa shape index (κ1) is 13.0. The van der Waals surface area contributed by atoms with Crippen LogP contribution < -0.4 is 4.90 Å². The van der Waals surface area contributed by atoms with Crippen LogP contribution in [0, 0.1) is 11.3 Å². The molecule has 3 nitrogen and oxygen atoms in total. The zero-order chi connectivity index (χ0) is 13.5. The summed E-state index contributed by atoms with van der Waals surface area (Å²) in [6.07, 6.45) is 0. The number of nitrogens with zero attached hydrogens (tertiary/aromatic N) is 2. The Hall–Kier alpha value is -1.47. The van der Waals surface area contributed by atoms with Crippen molar-refractivity contribution in [3.8, 4) is 6.07 Å². The third-order valence-electron chi connectivity index (χ3n) is 3.30. The van der Waals surface area contributed by atoms with Crippen LogP contribution in [0.1, 0.15) is 26.3 Å². The Bertz CT molecular complexity index is 545. The van der Waals surface area contributed by atoms with E-state index >= 15 is 0 Å². The SMILES string of the molecule is CC1Sc2cc(C(C)(C)C#N)ccc2N(C)C1=O. The van der Waals surface area contributed by atoms with Crippen LogP contribution in [0.2, 0.25) is 0 Å². The second-order valence-corrected chi connectivity index (χ2v) is 6.46. The molecular formula is C14H16N2OS. The second-order valence-electron chi connectivity index (χ2n) is 5.08. The lowest BCUT2D eigenvalue weighted by Crippen LogP contribution is -2.36. The number of nitriles is 1. The fraction of sp³-hybridized carbons (Fsp3) is 0.429. The molecule has 1 atom stereocenters. The molecule has 0 aliphatic carbocycles. The van der Waals surface area contributed by atoms with Gasteiger partial charge in [0, 0.05) is 11.9 Å². The van der Waals surface area contributed by atoms with Gasteiger partial charge in [-0.15, -0.1) is 11.8 Å². The molecule has 4 heteroatoms. The van der Waals surface area contributed by atoms with E-state index in [1.807, 2.05) is 39.0 Å². The molecule has 0 saturated heterocycles. The molecule has 1 aromatic rings. The number of hydrogen-bond acceptors (Lipinski definition) is 3. The van der Waals surface area contributed by atoms with Crippen LogP contribution in [0.15, 0.2) is 23.1 Å². The summed E-state index contributed by atoms with van der Waals surface area (Å²) in [6, 6.07) is 8.20. The highest BCUT2D eigenvalue weighted by Gasteiger charge is 2.30. The fourth-order valence-corrected chi connectivity index (χ4v) is 3.13. The predicted molar refractivity (Wildman–Crippen MR) is 73.8 cm³/mol. The van der Waals surface area contributed by atoms with Crippen LogP contribution in [0.5, 0.6) is 0 Å². The molecule has 0 radical (unpaired) electrons. The Morgan fingerprint density at radius 1 is 1.44 bits per heavy atom. The third-order valence-corrected chi connectivity index (χ3v) is 4.44. The molecule has 0 N–H and O–H groups in total. The standard InChI is InChI=1S/C14H16N2OS/c1-9-13(17)16(4)11-6-5-10(7-12(11)18-9)14(2,3)8-15/h5-7,9H,1-4H3. The van der Waals surface area contributed by atoms with E-state index in [2.05, 4.69) is 6.07 Å². The van der Waals surface area contributed by atoms with E-state index in [0.29, 0.717) is 0 Å². The Morgan fingerprint density at radius 3 is 2.72 bits per heavy atom. The number of rotatable bonds is 1. The minimum absolute atomic E-state index is 0.0667. The average Bonchev–Trinajstić information content (AvgIpc) is 2.35. The maximum Gasteiger partial charge on any atom is 0.239 e. The van der Waals surface area contributed by atoms with E-state index in [-0.39, 0.29) is 11.2 Å². The lowest BCUT2D eigenvalue weighted by atomic mass is 9.86. The first-order valence-corrected chi connectivity index (χ1v) is 6.75. The summed E-state index contributed by atoms with van der Waals surface area (Å²) >= 11 is 1.56. The molecule has 1 aliphatic rings. The summed E-state index contributed by atoms with van der Waals surface area (Å²) in [5.74, 6) is 0.125. The smallest absolute Gasteiger partial charge is 0.239 e. The van der Waals surface area contributed by atoms with Gasteiger partial charge in [0.2, 0.25) is 5.91 Å². The summed E-state index contributed by atoms with van der Waals surface area (Å²) in [5.41, 5.74) is 1.42. The van der Waals surface area contributed by atoms with Crippen LogP contribution in [-0.2, 0) is 10.2 Å². The van der Waals surface area contributed by atoms with Gasteiger partial charge >= 0.3 is 0 Å². The van der Waals surface area contributed by atoms with Crippen molar-refractivity contribution < 1.29 is 4.79 Å². The van der Waals surface area contributed by atoms with Crippen molar-refractivity contribution in [2.24, 2.45) is 0 Å². The average molecular weight is 260 g/mol. The van der Waals surface area contributed by atoms with Gasteiger partial charge in [0.1, 0.15) is 0 Å². The molecule has 0 aromatic heterocycles. The minimum atomic E-state index is -0.501. The molecule has 18 heavy (non-hydrogen) atoms. The van der Waals surface area contributed by atoms with Gasteiger partial charge in [-0.05, 0) is 38.5 Å². The number of carbonyl (C=O) groups is 1. The molecule has 94 valence electrons. The Kier molecular flexibility index (Phi) is 3.12. The Labute approximate surface area is 112 Å². The van der Waals surface area contributed by atoms with Gasteiger partial charge in [-0.1, -0.05) is 6.07 Å². The molecule has 2 rings (SSSR count). The number of thioether (sulfide) groups is 1. The van der Waals surface area contributed by atoms with E-state index in [1.54, 1.807) is 23.7 Å². The maximum atomic E-state index is 11.9. The van der Waals surface area contributed by atoms with Crippen molar-refractivity contribution in [3.63, 3.8) is 0 Å². The van der Waals surface area contributed by atoms with Crippen molar-refractivity contribution in [1.29, 1.82) is 5.26 Å². The van der Waals surface area contributed by atoms with Gasteiger partial charge in [0.15, 0.2) is 0 Å². The van der Waals surface area contributed by atoms with Crippen LogP contribution in [-0.4, -0.2) is 18.2 Å². The molecule has 0 bridgehead atoms.